The Morgan fingerprint density at radius 1 is 1.25 bits per heavy atom. The van der Waals surface area contributed by atoms with Crippen LogP contribution in [-0.4, -0.2) is 59.6 Å². The van der Waals surface area contributed by atoms with E-state index in [1.54, 1.807) is 7.05 Å². The number of nitrogen functional groups attached to an aromatic ring is 1. The number of carbonyl (C=O) groups excluding carboxylic acids is 1. The summed E-state index contributed by atoms with van der Waals surface area (Å²) in [5.74, 6) is -0.218. The summed E-state index contributed by atoms with van der Waals surface area (Å²) in [6, 6.07) is 0. The Balaban J connectivity index is 3.31. The maximum Gasteiger partial charge on any atom is 0.180 e. The third-order valence-electron chi connectivity index (χ3n) is 2.80. The summed E-state index contributed by atoms with van der Waals surface area (Å²) in [5, 5.41) is 0.525. The zero-order valence-corrected chi connectivity index (χ0v) is 14.1. The van der Waals surface area contributed by atoms with Crippen molar-refractivity contribution in [2.75, 3.05) is 51.1 Å². The minimum Gasteiger partial charge on any atom is -0.396 e. The summed E-state index contributed by atoms with van der Waals surface area (Å²) in [5.41, 5.74) is 5.92. The molecule has 0 aliphatic heterocycles. The quantitative estimate of drug-likeness (QED) is 0.786. The van der Waals surface area contributed by atoms with Crippen LogP contribution in [0.3, 0.4) is 0 Å². The highest BCUT2D eigenvalue weighted by Gasteiger charge is 2.27. The number of nitrogens with two attached hydrogens (primary N) is 1. The van der Waals surface area contributed by atoms with Crippen molar-refractivity contribution in [1.29, 1.82) is 0 Å². The molecule has 0 aliphatic rings. The Morgan fingerprint density at radius 3 is 2.20 bits per heavy atom. The van der Waals surface area contributed by atoms with E-state index in [0.29, 0.717) is 16.4 Å². The van der Waals surface area contributed by atoms with Gasteiger partial charge in [-0.15, -0.1) is 11.3 Å². The molecule has 0 bridgehead atoms. The number of likely N-dealkylation sites (N-methyl/N-ethyl adjacent to an activating group) is 2. The van der Waals surface area contributed by atoms with Gasteiger partial charge in [0.05, 0.1) is 10.6 Å². The highest BCUT2D eigenvalue weighted by Crippen LogP contribution is 2.41. The van der Waals surface area contributed by atoms with Crippen molar-refractivity contribution in [3.63, 3.8) is 0 Å². The van der Waals surface area contributed by atoms with Gasteiger partial charge in [-0.3, -0.25) is 4.79 Å². The molecule has 1 heterocycles. The van der Waals surface area contributed by atoms with Crippen molar-refractivity contribution >= 4 is 37.6 Å². The van der Waals surface area contributed by atoms with Crippen molar-refractivity contribution < 1.29 is 13.2 Å². The molecule has 1 rings (SSSR count). The van der Waals surface area contributed by atoms with Crippen molar-refractivity contribution in [2.24, 2.45) is 0 Å². The fourth-order valence-corrected chi connectivity index (χ4v) is 4.36. The number of thiophene rings is 1. The van der Waals surface area contributed by atoms with Gasteiger partial charge in [0.1, 0.15) is 9.90 Å². The van der Waals surface area contributed by atoms with Crippen LogP contribution in [0, 0.1) is 0 Å². The number of sulfone groups is 1. The topological polar surface area (TPSA) is 83.7 Å². The van der Waals surface area contributed by atoms with Gasteiger partial charge in [0, 0.05) is 33.3 Å². The molecule has 114 valence electrons. The van der Waals surface area contributed by atoms with Gasteiger partial charge in [-0.2, -0.15) is 0 Å². The molecule has 0 saturated heterocycles. The first-order valence-corrected chi connectivity index (χ1v) is 8.75. The largest absolute Gasteiger partial charge is 0.396 e. The minimum atomic E-state index is -3.48. The van der Waals surface area contributed by atoms with E-state index in [9.17, 15) is 13.2 Å². The number of rotatable bonds is 6. The maximum absolute atomic E-state index is 11.9. The molecule has 0 amide bonds. The monoisotopic (exact) mass is 319 g/mol. The average molecular weight is 319 g/mol. The van der Waals surface area contributed by atoms with Crippen LogP contribution >= 0.6 is 11.3 Å². The Kier molecular flexibility index (Phi) is 5.17. The third kappa shape index (κ3) is 3.71. The lowest BCUT2D eigenvalue weighted by Gasteiger charge is -2.21. The number of Topliss-reactive ketones (excluding diaryl/α,β-unsaturated/α-hetero) is 1. The van der Waals surface area contributed by atoms with Crippen LogP contribution in [0.4, 0.5) is 10.7 Å². The molecule has 1 aromatic rings. The average Bonchev–Trinajstić information content (AvgIpc) is 2.63. The van der Waals surface area contributed by atoms with E-state index in [4.69, 9.17) is 5.73 Å². The first kappa shape index (κ1) is 16.9. The Hall–Kier alpha value is -1.12. The molecule has 2 N–H and O–H groups in total. The molecule has 0 saturated carbocycles. The van der Waals surface area contributed by atoms with Gasteiger partial charge in [-0.25, -0.2) is 8.42 Å². The summed E-state index contributed by atoms with van der Waals surface area (Å²) in [6.07, 6.45) is 1.11. The number of hydrogen-bond donors (Lipinski definition) is 1. The fraction of sp³-hybridized carbons (Fsp3) is 0.583. The summed E-state index contributed by atoms with van der Waals surface area (Å²) < 4.78 is 23.9. The Bertz CT molecular complexity index is 606. The van der Waals surface area contributed by atoms with Gasteiger partial charge >= 0.3 is 0 Å². The van der Waals surface area contributed by atoms with Gasteiger partial charge in [0.2, 0.25) is 0 Å². The van der Waals surface area contributed by atoms with Crippen molar-refractivity contribution in [2.45, 2.75) is 11.8 Å². The van der Waals surface area contributed by atoms with Crippen LogP contribution in [0.5, 0.6) is 0 Å². The number of ketones is 1. The third-order valence-corrected chi connectivity index (χ3v) is 5.51. The molecule has 1 aromatic heterocycles. The Labute approximate surface area is 124 Å². The molecule has 0 aromatic carbocycles. The van der Waals surface area contributed by atoms with Crippen LogP contribution in [0.25, 0.3) is 0 Å². The molecule has 20 heavy (non-hydrogen) atoms. The minimum absolute atomic E-state index is 0.0638. The van der Waals surface area contributed by atoms with E-state index in [0.717, 1.165) is 24.1 Å². The second-order valence-corrected chi connectivity index (χ2v) is 7.98. The lowest BCUT2D eigenvalue weighted by Crippen LogP contribution is -2.28. The van der Waals surface area contributed by atoms with Gasteiger partial charge in [-0.1, -0.05) is 0 Å². The van der Waals surface area contributed by atoms with Gasteiger partial charge in [0.25, 0.3) is 0 Å². The molecular weight excluding hydrogens is 298 g/mol. The van der Waals surface area contributed by atoms with Gasteiger partial charge < -0.3 is 15.5 Å². The summed E-state index contributed by atoms with van der Waals surface area (Å²) in [6.45, 7) is 2.80. The van der Waals surface area contributed by atoms with Crippen LogP contribution in [0.15, 0.2) is 4.90 Å². The van der Waals surface area contributed by atoms with Crippen LogP contribution in [0.1, 0.15) is 16.6 Å². The zero-order valence-electron chi connectivity index (χ0n) is 12.4. The van der Waals surface area contributed by atoms with E-state index >= 15 is 0 Å². The van der Waals surface area contributed by atoms with E-state index in [1.807, 2.05) is 23.9 Å². The molecule has 0 unspecified atom stereocenters. The second kappa shape index (κ2) is 6.11. The number of carbonyl (C=O) groups is 1. The number of hydrogen-bond acceptors (Lipinski definition) is 7. The lowest BCUT2D eigenvalue weighted by molar-refractivity contribution is 0.102. The smallest absolute Gasteiger partial charge is 0.180 e. The first-order chi connectivity index (χ1) is 9.05. The second-order valence-electron chi connectivity index (χ2n) is 5.03. The molecule has 0 radical (unpaired) electrons. The molecule has 0 atom stereocenters. The lowest BCUT2D eigenvalue weighted by atomic mass is 10.3. The van der Waals surface area contributed by atoms with Crippen LogP contribution in [-0.2, 0) is 9.84 Å². The van der Waals surface area contributed by atoms with E-state index < -0.39 is 9.84 Å². The van der Waals surface area contributed by atoms with Gasteiger partial charge in [0.15, 0.2) is 15.6 Å². The van der Waals surface area contributed by atoms with Crippen LogP contribution in [0.2, 0.25) is 0 Å². The van der Waals surface area contributed by atoms with E-state index in [2.05, 4.69) is 0 Å². The molecule has 6 nitrogen and oxygen atoms in total. The first-order valence-electron chi connectivity index (χ1n) is 6.04. The summed E-state index contributed by atoms with van der Waals surface area (Å²) in [4.78, 5) is 15.7. The normalized spacial score (nSPS) is 11.9. The standard InChI is InChI=1S/C12H21N3O3S2/c1-8(16)10-9(13)11(20(5,17)18)12(19-10)15(4)7-6-14(2)3/h6-7,13H2,1-5H3. The van der Waals surface area contributed by atoms with Gasteiger partial charge in [-0.05, 0) is 14.1 Å². The predicted octanol–water partition coefficient (Wildman–Crippen LogP) is 0.934. The van der Waals surface area contributed by atoms with Crippen molar-refractivity contribution in [1.82, 2.24) is 4.90 Å². The Morgan fingerprint density at radius 2 is 1.80 bits per heavy atom. The zero-order chi connectivity index (χ0) is 15.7. The van der Waals surface area contributed by atoms with Crippen molar-refractivity contribution in [3.05, 3.63) is 4.88 Å². The number of nitrogens with zero attached hydrogens (tertiary/aromatic N) is 2. The highest BCUT2D eigenvalue weighted by molar-refractivity contribution is 7.91. The number of anilines is 2. The fourth-order valence-electron chi connectivity index (χ4n) is 1.74. The molecule has 8 heteroatoms. The molecular formula is C12H21N3O3S2. The van der Waals surface area contributed by atoms with Crippen molar-refractivity contribution in [3.8, 4) is 0 Å². The molecule has 0 spiro atoms. The highest BCUT2D eigenvalue weighted by atomic mass is 32.2. The predicted molar refractivity (Wildman–Crippen MR) is 83.7 cm³/mol. The summed E-state index contributed by atoms with van der Waals surface area (Å²) in [7, 11) is 2.20. The molecule has 0 aliphatic carbocycles. The SMILES string of the molecule is CC(=O)c1sc(N(C)CCN(C)C)c(S(C)(=O)=O)c1N. The maximum atomic E-state index is 11.9. The summed E-state index contributed by atoms with van der Waals surface area (Å²) >= 11 is 1.13. The molecule has 0 fully saturated rings. The van der Waals surface area contributed by atoms with E-state index in [-0.39, 0.29) is 16.4 Å². The van der Waals surface area contributed by atoms with E-state index in [1.165, 1.54) is 6.92 Å². The van der Waals surface area contributed by atoms with Crippen LogP contribution < -0.4 is 10.6 Å².